The van der Waals surface area contributed by atoms with Gasteiger partial charge in [-0.25, -0.2) is 4.79 Å². The van der Waals surface area contributed by atoms with Gasteiger partial charge in [-0.05, 0) is 13.8 Å². The second kappa shape index (κ2) is 4.55. The third kappa shape index (κ3) is 3.45. The van der Waals surface area contributed by atoms with Gasteiger partial charge in [-0.1, -0.05) is 12.7 Å². The zero-order chi connectivity index (χ0) is 8.85. The predicted octanol–water partition coefficient (Wildman–Crippen LogP) is 1.57. The summed E-state index contributed by atoms with van der Waals surface area (Å²) in [5, 5.41) is 8.49. The van der Waals surface area contributed by atoms with Gasteiger partial charge in [0.05, 0.1) is 5.57 Å². The van der Waals surface area contributed by atoms with Crippen LogP contribution < -0.4 is 0 Å². The molecule has 62 valence electrons. The van der Waals surface area contributed by atoms with Crippen LogP contribution in [0, 0.1) is 0 Å². The summed E-state index contributed by atoms with van der Waals surface area (Å²) in [5.41, 5.74) is 0.229. The van der Waals surface area contributed by atoms with E-state index in [1.165, 1.54) is 6.92 Å². The second-order valence-electron chi connectivity index (χ2n) is 2.09. The van der Waals surface area contributed by atoms with Crippen molar-refractivity contribution in [1.82, 2.24) is 0 Å². The third-order valence-electron chi connectivity index (χ3n) is 1.27. The van der Waals surface area contributed by atoms with Gasteiger partial charge in [0.2, 0.25) is 0 Å². The molecule has 0 unspecified atom stereocenters. The lowest BCUT2D eigenvalue weighted by Gasteiger charge is -2.04. The smallest absolute Gasteiger partial charge is 0.334 e. The molecule has 0 aliphatic heterocycles. The maximum Gasteiger partial charge on any atom is 0.334 e. The van der Waals surface area contributed by atoms with Crippen molar-refractivity contribution in [2.24, 2.45) is 0 Å². The molecule has 0 heterocycles. The minimum absolute atomic E-state index is 0.229. The predicted molar refractivity (Wildman–Crippen MR) is 42.2 cm³/mol. The van der Waals surface area contributed by atoms with Gasteiger partial charge in [0.25, 0.3) is 0 Å². The first kappa shape index (κ1) is 9.75. The van der Waals surface area contributed by atoms with Crippen LogP contribution in [0.3, 0.4) is 0 Å². The number of carboxylic acid groups (broad SMARTS) is 1. The Hall–Kier alpha value is -1.25. The molecule has 0 aliphatic carbocycles. The standard InChI is InChI=1S/C8H12O3/c1-4-5-11-7(3)6(2)8(9)10/h4H,1,5H2,2-3H3,(H,9,10). The Balaban J connectivity index is 4.15. The van der Waals surface area contributed by atoms with E-state index in [4.69, 9.17) is 9.84 Å². The summed E-state index contributed by atoms with van der Waals surface area (Å²) in [5.74, 6) is -0.524. The zero-order valence-electron chi connectivity index (χ0n) is 6.76. The zero-order valence-corrected chi connectivity index (χ0v) is 6.76. The largest absolute Gasteiger partial charge is 0.494 e. The number of hydrogen-bond acceptors (Lipinski definition) is 2. The van der Waals surface area contributed by atoms with Gasteiger partial charge in [-0.2, -0.15) is 0 Å². The Morgan fingerprint density at radius 1 is 1.64 bits per heavy atom. The first-order chi connectivity index (χ1) is 5.09. The van der Waals surface area contributed by atoms with Crippen molar-refractivity contribution in [1.29, 1.82) is 0 Å². The number of carbonyl (C=O) groups is 1. The SMILES string of the molecule is C=CCOC(C)=C(C)C(=O)O. The molecule has 0 spiro atoms. The van der Waals surface area contributed by atoms with Crippen LogP contribution in [-0.4, -0.2) is 17.7 Å². The van der Waals surface area contributed by atoms with Gasteiger partial charge in [0.15, 0.2) is 0 Å². The van der Waals surface area contributed by atoms with Crippen molar-refractivity contribution in [2.45, 2.75) is 13.8 Å². The molecule has 3 nitrogen and oxygen atoms in total. The van der Waals surface area contributed by atoms with Crippen molar-refractivity contribution >= 4 is 5.97 Å². The lowest BCUT2D eigenvalue weighted by molar-refractivity contribution is -0.132. The molecule has 0 aromatic heterocycles. The molecule has 0 amide bonds. The van der Waals surface area contributed by atoms with Crippen LogP contribution >= 0.6 is 0 Å². The second-order valence-corrected chi connectivity index (χ2v) is 2.09. The average molecular weight is 156 g/mol. The molecule has 0 fully saturated rings. The Labute approximate surface area is 66.0 Å². The number of rotatable bonds is 4. The fraction of sp³-hybridized carbons (Fsp3) is 0.375. The van der Waals surface area contributed by atoms with E-state index in [0.29, 0.717) is 12.4 Å². The molecule has 11 heavy (non-hydrogen) atoms. The van der Waals surface area contributed by atoms with Crippen LogP contribution in [0.2, 0.25) is 0 Å². The van der Waals surface area contributed by atoms with Gasteiger partial charge in [-0.15, -0.1) is 0 Å². The van der Waals surface area contributed by atoms with Crippen LogP contribution in [0.25, 0.3) is 0 Å². The van der Waals surface area contributed by atoms with Crippen molar-refractivity contribution in [2.75, 3.05) is 6.61 Å². The summed E-state index contributed by atoms with van der Waals surface area (Å²) < 4.78 is 4.99. The number of aliphatic carboxylic acids is 1. The van der Waals surface area contributed by atoms with E-state index in [0.717, 1.165) is 0 Å². The number of ether oxygens (including phenoxy) is 1. The molecule has 0 radical (unpaired) electrons. The van der Waals surface area contributed by atoms with Crippen molar-refractivity contribution in [3.8, 4) is 0 Å². The fourth-order valence-electron chi connectivity index (χ4n) is 0.443. The molecule has 0 rings (SSSR count). The quantitative estimate of drug-likeness (QED) is 0.381. The van der Waals surface area contributed by atoms with Crippen LogP contribution in [0.15, 0.2) is 24.0 Å². The Kier molecular flexibility index (Phi) is 4.03. The molecule has 0 saturated carbocycles. The molecule has 0 bridgehead atoms. The summed E-state index contributed by atoms with van der Waals surface area (Å²) in [7, 11) is 0. The van der Waals surface area contributed by atoms with Crippen molar-refractivity contribution in [3.63, 3.8) is 0 Å². The van der Waals surface area contributed by atoms with E-state index >= 15 is 0 Å². The molecule has 3 heteroatoms. The highest BCUT2D eigenvalue weighted by Crippen LogP contribution is 2.04. The highest BCUT2D eigenvalue weighted by molar-refractivity contribution is 5.86. The highest BCUT2D eigenvalue weighted by Gasteiger charge is 2.04. The van der Waals surface area contributed by atoms with Gasteiger partial charge in [-0.3, -0.25) is 0 Å². The molecule has 0 aromatic carbocycles. The molecule has 0 aromatic rings. The maximum absolute atomic E-state index is 10.3. The van der Waals surface area contributed by atoms with E-state index in [1.807, 2.05) is 0 Å². The van der Waals surface area contributed by atoms with Crippen molar-refractivity contribution in [3.05, 3.63) is 24.0 Å². The van der Waals surface area contributed by atoms with E-state index in [-0.39, 0.29) is 5.57 Å². The summed E-state index contributed by atoms with van der Waals surface area (Å²) >= 11 is 0. The Morgan fingerprint density at radius 3 is 2.55 bits per heavy atom. The van der Waals surface area contributed by atoms with Crippen LogP contribution in [0.4, 0.5) is 0 Å². The Bertz CT molecular complexity index is 192. The maximum atomic E-state index is 10.3. The van der Waals surface area contributed by atoms with Gasteiger partial charge in [0.1, 0.15) is 12.4 Å². The number of hydrogen-bond donors (Lipinski definition) is 1. The van der Waals surface area contributed by atoms with Crippen LogP contribution in [-0.2, 0) is 9.53 Å². The van der Waals surface area contributed by atoms with Gasteiger partial charge >= 0.3 is 5.97 Å². The van der Waals surface area contributed by atoms with Crippen molar-refractivity contribution < 1.29 is 14.6 Å². The summed E-state index contributed by atoms with van der Waals surface area (Å²) in [6, 6.07) is 0. The average Bonchev–Trinajstić information content (AvgIpc) is 1.98. The van der Waals surface area contributed by atoms with E-state index < -0.39 is 5.97 Å². The summed E-state index contributed by atoms with van der Waals surface area (Å²) in [6.45, 7) is 6.90. The Morgan fingerprint density at radius 2 is 2.18 bits per heavy atom. The normalized spacial score (nSPS) is 11.8. The number of allylic oxidation sites excluding steroid dienone is 1. The highest BCUT2D eigenvalue weighted by atomic mass is 16.5. The van der Waals surface area contributed by atoms with Crippen LogP contribution in [0.1, 0.15) is 13.8 Å². The molecular formula is C8H12O3. The lowest BCUT2D eigenvalue weighted by atomic mass is 10.3. The van der Waals surface area contributed by atoms with Crippen LogP contribution in [0.5, 0.6) is 0 Å². The van der Waals surface area contributed by atoms with E-state index in [9.17, 15) is 4.79 Å². The van der Waals surface area contributed by atoms with E-state index in [2.05, 4.69) is 6.58 Å². The summed E-state index contributed by atoms with van der Waals surface area (Å²) in [4.78, 5) is 10.3. The third-order valence-corrected chi connectivity index (χ3v) is 1.27. The summed E-state index contributed by atoms with van der Waals surface area (Å²) in [6.07, 6.45) is 1.57. The molecule has 0 saturated heterocycles. The van der Waals surface area contributed by atoms with Gasteiger partial charge < -0.3 is 9.84 Å². The monoisotopic (exact) mass is 156 g/mol. The molecule has 0 atom stereocenters. The van der Waals surface area contributed by atoms with Gasteiger partial charge in [0, 0.05) is 0 Å². The molecule has 1 N–H and O–H groups in total. The first-order valence-electron chi connectivity index (χ1n) is 3.24. The lowest BCUT2D eigenvalue weighted by Crippen LogP contribution is -2.01. The topological polar surface area (TPSA) is 46.5 Å². The minimum atomic E-state index is -0.952. The number of carboxylic acids is 1. The molecular weight excluding hydrogens is 144 g/mol. The first-order valence-corrected chi connectivity index (χ1v) is 3.24. The fourth-order valence-corrected chi connectivity index (χ4v) is 0.443. The van der Waals surface area contributed by atoms with E-state index in [1.54, 1.807) is 13.0 Å². The minimum Gasteiger partial charge on any atom is -0.494 e. The molecule has 0 aliphatic rings.